The Morgan fingerprint density at radius 3 is 3.10 bits per heavy atom. The van der Waals surface area contributed by atoms with Gasteiger partial charge in [-0.15, -0.1) is 6.42 Å². The highest BCUT2D eigenvalue weighted by atomic mass is 19.1. The van der Waals surface area contributed by atoms with Crippen molar-refractivity contribution in [3.8, 4) is 12.3 Å². The van der Waals surface area contributed by atoms with Crippen LogP contribution in [-0.2, 0) is 11.3 Å². The van der Waals surface area contributed by atoms with Crippen LogP contribution in [0.3, 0.4) is 0 Å². The van der Waals surface area contributed by atoms with Gasteiger partial charge in [0.1, 0.15) is 12.4 Å². The lowest BCUT2D eigenvalue weighted by molar-refractivity contribution is 0.195. The van der Waals surface area contributed by atoms with Crippen molar-refractivity contribution in [3.05, 3.63) is 58.8 Å². The Bertz CT molecular complexity index is 620. The highest BCUT2D eigenvalue weighted by molar-refractivity contribution is 5.77. The number of hydrogen-bond donors (Lipinski definition) is 0. The van der Waals surface area contributed by atoms with E-state index in [0.29, 0.717) is 24.5 Å². The minimum Gasteiger partial charge on any atom is -0.473 e. The molecule has 20 heavy (non-hydrogen) atoms. The fraction of sp³-hybridized carbons (Fsp3) is 0.235. The number of allylic oxidation sites excluding steroid dienone is 3. The molecule has 102 valence electrons. The maximum atomic E-state index is 13.5. The third kappa shape index (κ3) is 3.83. The zero-order valence-corrected chi connectivity index (χ0v) is 11.4. The smallest absolute Gasteiger partial charge is 0.209 e. The first-order chi connectivity index (χ1) is 9.69. The van der Waals surface area contributed by atoms with Crippen LogP contribution in [-0.4, -0.2) is 6.21 Å². The van der Waals surface area contributed by atoms with Crippen molar-refractivity contribution in [1.82, 2.24) is 0 Å². The zero-order chi connectivity index (χ0) is 14.4. The highest BCUT2D eigenvalue weighted by Crippen LogP contribution is 2.17. The predicted molar refractivity (Wildman–Crippen MR) is 78.8 cm³/mol. The fourth-order valence-corrected chi connectivity index (χ4v) is 1.82. The van der Waals surface area contributed by atoms with E-state index in [2.05, 4.69) is 10.9 Å². The molecule has 0 bridgehead atoms. The maximum absolute atomic E-state index is 13.5. The number of hydrogen-bond acceptors (Lipinski definition) is 2. The zero-order valence-electron chi connectivity index (χ0n) is 11.4. The normalized spacial score (nSPS) is 18.8. The third-order valence-corrected chi connectivity index (χ3v) is 3.03. The molecule has 1 aliphatic heterocycles. The predicted octanol–water partition coefficient (Wildman–Crippen LogP) is 4.13. The van der Waals surface area contributed by atoms with Crippen molar-refractivity contribution >= 4 is 6.21 Å². The molecule has 0 aliphatic carbocycles. The van der Waals surface area contributed by atoms with Gasteiger partial charge in [-0.2, -0.15) is 0 Å². The summed E-state index contributed by atoms with van der Waals surface area (Å²) in [5.41, 5.74) is 2.49. The standard InChI is InChI=1S/C17H16FNO/c1-3-14-7-5-8-15(10-14)12-20-17-9-4-6-13(2)16(18)11-19-17/h1,5,7-11H,4,6,12H2,2H3/b16-13-,17-9?,19-11?. The number of ether oxygens (including phenoxy) is 1. The number of nitrogens with zero attached hydrogens (tertiary/aromatic N) is 1. The number of aliphatic imine (C=N–C) groups is 1. The molecule has 1 heterocycles. The number of halogens is 1. The Kier molecular flexibility index (Phi) is 4.73. The Labute approximate surface area is 118 Å². The topological polar surface area (TPSA) is 21.6 Å². The number of rotatable bonds is 3. The quantitative estimate of drug-likeness (QED) is 0.756. The van der Waals surface area contributed by atoms with Crippen molar-refractivity contribution in [1.29, 1.82) is 0 Å². The summed E-state index contributed by atoms with van der Waals surface area (Å²) in [4.78, 5) is 4.01. The fourth-order valence-electron chi connectivity index (χ4n) is 1.82. The van der Waals surface area contributed by atoms with Gasteiger partial charge in [-0.3, -0.25) is 0 Å². The molecule has 0 spiro atoms. The molecule has 2 rings (SSSR count). The van der Waals surface area contributed by atoms with Gasteiger partial charge in [0.25, 0.3) is 0 Å². The van der Waals surface area contributed by atoms with Crippen LogP contribution in [0.4, 0.5) is 4.39 Å². The van der Waals surface area contributed by atoms with Crippen molar-refractivity contribution in [2.45, 2.75) is 26.4 Å². The minimum atomic E-state index is -0.284. The molecule has 0 amide bonds. The summed E-state index contributed by atoms with van der Waals surface area (Å²) in [6.45, 7) is 2.13. The molecule has 0 N–H and O–H groups in total. The van der Waals surface area contributed by atoms with Crippen molar-refractivity contribution in [3.63, 3.8) is 0 Å². The van der Waals surface area contributed by atoms with E-state index < -0.39 is 0 Å². The van der Waals surface area contributed by atoms with Gasteiger partial charge in [0.15, 0.2) is 0 Å². The lowest BCUT2D eigenvalue weighted by Gasteiger charge is -2.09. The van der Waals surface area contributed by atoms with E-state index in [1.54, 1.807) is 6.92 Å². The Morgan fingerprint density at radius 1 is 1.45 bits per heavy atom. The Hall–Kier alpha value is -2.34. The number of terminal acetylenes is 1. The van der Waals surface area contributed by atoms with Gasteiger partial charge in [-0.1, -0.05) is 18.1 Å². The van der Waals surface area contributed by atoms with Gasteiger partial charge < -0.3 is 4.74 Å². The first-order valence-electron chi connectivity index (χ1n) is 6.47. The van der Waals surface area contributed by atoms with Crippen molar-refractivity contribution in [2.24, 2.45) is 4.99 Å². The average molecular weight is 269 g/mol. The monoisotopic (exact) mass is 269 g/mol. The molecular formula is C17H16FNO. The van der Waals surface area contributed by atoms with E-state index >= 15 is 0 Å². The SMILES string of the molecule is C#Cc1cccc(COC2=CCC/C(C)=C(\F)C=N2)c1. The van der Waals surface area contributed by atoms with E-state index in [1.807, 2.05) is 30.3 Å². The van der Waals surface area contributed by atoms with Crippen molar-refractivity contribution < 1.29 is 9.13 Å². The average Bonchev–Trinajstić information content (AvgIpc) is 2.47. The van der Waals surface area contributed by atoms with Crippen LogP contribution in [0, 0.1) is 12.3 Å². The molecule has 0 saturated carbocycles. The van der Waals surface area contributed by atoms with E-state index in [9.17, 15) is 4.39 Å². The largest absolute Gasteiger partial charge is 0.473 e. The molecule has 1 aliphatic rings. The molecule has 0 saturated heterocycles. The van der Waals surface area contributed by atoms with Crippen LogP contribution in [0.2, 0.25) is 0 Å². The lowest BCUT2D eigenvalue weighted by atomic mass is 10.1. The van der Waals surface area contributed by atoms with E-state index in [0.717, 1.165) is 17.5 Å². The Morgan fingerprint density at radius 2 is 2.30 bits per heavy atom. The second-order valence-corrected chi connectivity index (χ2v) is 4.60. The summed E-state index contributed by atoms with van der Waals surface area (Å²) in [6.07, 6.45) is 9.83. The van der Waals surface area contributed by atoms with Crippen LogP contribution in [0.25, 0.3) is 0 Å². The molecule has 0 aromatic heterocycles. The second kappa shape index (κ2) is 6.72. The minimum absolute atomic E-state index is 0.284. The summed E-state index contributed by atoms with van der Waals surface area (Å²) >= 11 is 0. The lowest BCUT2D eigenvalue weighted by Crippen LogP contribution is -1.96. The summed E-state index contributed by atoms with van der Waals surface area (Å²) in [7, 11) is 0. The third-order valence-electron chi connectivity index (χ3n) is 3.03. The molecule has 0 radical (unpaired) electrons. The second-order valence-electron chi connectivity index (χ2n) is 4.60. The molecule has 0 unspecified atom stereocenters. The van der Waals surface area contributed by atoms with Crippen LogP contribution in [0.1, 0.15) is 30.9 Å². The maximum Gasteiger partial charge on any atom is 0.209 e. The molecule has 0 fully saturated rings. The van der Waals surface area contributed by atoms with E-state index in [4.69, 9.17) is 11.2 Å². The molecule has 1 aromatic carbocycles. The summed E-state index contributed by atoms with van der Waals surface area (Å²) in [6, 6.07) is 7.56. The van der Waals surface area contributed by atoms with Crippen LogP contribution in [0.15, 0.2) is 52.6 Å². The van der Waals surface area contributed by atoms with Gasteiger partial charge >= 0.3 is 0 Å². The Balaban J connectivity index is 2.02. The molecule has 3 heteroatoms. The van der Waals surface area contributed by atoms with Gasteiger partial charge in [0.05, 0.1) is 6.21 Å². The summed E-state index contributed by atoms with van der Waals surface area (Å²) < 4.78 is 19.1. The first kappa shape index (κ1) is 14.1. The first-order valence-corrected chi connectivity index (χ1v) is 6.47. The van der Waals surface area contributed by atoms with Gasteiger partial charge in [0, 0.05) is 5.56 Å². The van der Waals surface area contributed by atoms with E-state index in [-0.39, 0.29) is 5.83 Å². The summed E-state index contributed by atoms with van der Waals surface area (Å²) in [5, 5.41) is 0. The van der Waals surface area contributed by atoms with Crippen LogP contribution >= 0.6 is 0 Å². The van der Waals surface area contributed by atoms with Gasteiger partial charge in [-0.25, -0.2) is 9.38 Å². The van der Waals surface area contributed by atoms with Crippen LogP contribution in [0.5, 0.6) is 0 Å². The van der Waals surface area contributed by atoms with Crippen LogP contribution < -0.4 is 0 Å². The number of benzene rings is 1. The van der Waals surface area contributed by atoms with Gasteiger partial charge in [0.2, 0.25) is 5.88 Å². The van der Waals surface area contributed by atoms with Crippen molar-refractivity contribution in [2.75, 3.05) is 0 Å². The molecule has 2 nitrogen and oxygen atoms in total. The molecule has 0 atom stereocenters. The molecular weight excluding hydrogens is 253 g/mol. The molecule has 1 aromatic rings. The van der Waals surface area contributed by atoms with Gasteiger partial charge in [-0.05, 0) is 49.1 Å². The summed E-state index contributed by atoms with van der Waals surface area (Å²) in [5.74, 6) is 2.74. The van der Waals surface area contributed by atoms with E-state index in [1.165, 1.54) is 6.21 Å². The highest BCUT2D eigenvalue weighted by Gasteiger charge is 2.05.